The van der Waals surface area contributed by atoms with E-state index in [2.05, 4.69) is 29.9 Å². The van der Waals surface area contributed by atoms with Gasteiger partial charge in [-0.05, 0) is 6.42 Å². The third-order valence-corrected chi connectivity index (χ3v) is 3.16. The van der Waals surface area contributed by atoms with Crippen molar-refractivity contribution in [2.75, 3.05) is 49.5 Å². The second-order valence-electron chi connectivity index (χ2n) is 5.70. The molecule has 0 radical (unpaired) electrons. The highest BCUT2D eigenvalue weighted by atomic mass is 15.3. The summed E-state index contributed by atoms with van der Waals surface area (Å²) in [5, 5.41) is 0. The average Bonchev–Trinajstić information content (AvgIpc) is 2.51. The molecule has 0 bridgehead atoms. The van der Waals surface area contributed by atoms with Crippen molar-refractivity contribution in [2.24, 2.45) is 5.73 Å². The summed E-state index contributed by atoms with van der Waals surface area (Å²) in [5.74, 6) is 2.28. The maximum Gasteiger partial charge on any atom is 0.229 e. The van der Waals surface area contributed by atoms with E-state index in [1.807, 2.05) is 28.2 Å². The summed E-state index contributed by atoms with van der Waals surface area (Å²) in [7, 11) is 7.31. The summed E-state index contributed by atoms with van der Waals surface area (Å²) in [6.45, 7) is 0. The number of aryl methyl sites for hydroxylation is 1. The van der Waals surface area contributed by atoms with Gasteiger partial charge in [0.2, 0.25) is 23.8 Å². The van der Waals surface area contributed by atoms with E-state index < -0.39 is 6.04 Å². The molecule has 130 valence electrons. The van der Waals surface area contributed by atoms with Gasteiger partial charge in [-0.2, -0.15) is 29.9 Å². The minimum atomic E-state index is -0.421. The molecule has 6 N–H and O–H groups in total. The maximum atomic E-state index is 6.18. The topological polar surface area (TPSA) is 162 Å². The molecule has 24 heavy (non-hydrogen) atoms. The highest BCUT2D eigenvalue weighted by Gasteiger charge is 2.15. The number of rotatable bonds is 6. The first kappa shape index (κ1) is 17.5. The van der Waals surface area contributed by atoms with Gasteiger partial charge in [0.1, 0.15) is 5.82 Å². The van der Waals surface area contributed by atoms with Crippen LogP contribution >= 0.6 is 0 Å². The van der Waals surface area contributed by atoms with Crippen LogP contribution in [0.5, 0.6) is 0 Å². The van der Waals surface area contributed by atoms with Crippen molar-refractivity contribution < 1.29 is 0 Å². The Bertz CT molecular complexity index is 700. The normalized spacial score (nSPS) is 12.0. The van der Waals surface area contributed by atoms with Crippen LogP contribution in [0.1, 0.15) is 24.1 Å². The molecule has 0 saturated heterocycles. The molecule has 11 nitrogen and oxygen atoms in total. The number of nitrogen functional groups attached to an aromatic ring is 2. The smallest absolute Gasteiger partial charge is 0.229 e. The standard InChI is InChI=1S/C13H23N11/c1-23(2)12-18-8(17-10(15)21-12)6-5-7(14)9-19-11(16)22-13(20-9)24(3)4/h7H,5-6,14H2,1-4H3,(H2,15,17,18,21)(H2,16,19,20,22). The predicted octanol–water partition coefficient (Wildman–Crippen LogP) is -1.01. The van der Waals surface area contributed by atoms with Crippen molar-refractivity contribution in [2.45, 2.75) is 18.9 Å². The SMILES string of the molecule is CN(C)c1nc(N)nc(CCC(N)c2nc(N)nc(N(C)C)n2)n1. The van der Waals surface area contributed by atoms with Gasteiger partial charge in [0.05, 0.1) is 6.04 Å². The van der Waals surface area contributed by atoms with Crippen molar-refractivity contribution in [3.63, 3.8) is 0 Å². The van der Waals surface area contributed by atoms with Gasteiger partial charge in [-0.3, -0.25) is 0 Å². The number of nitrogens with two attached hydrogens (primary N) is 3. The van der Waals surface area contributed by atoms with Crippen LogP contribution in [0.4, 0.5) is 23.8 Å². The first-order chi connectivity index (χ1) is 11.3. The van der Waals surface area contributed by atoms with Crippen LogP contribution in [0.25, 0.3) is 0 Å². The van der Waals surface area contributed by atoms with Crippen molar-refractivity contribution in [1.29, 1.82) is 0 Å². The summed E-state index contributed by atoms with van der Waals surface area (Å²) < 4.78 is 0. The molecule has 0 spiro atoms. The van der Waals surface area contributed by atoms with Crippen LogP contribution in [0.15, 0.2) is 0 Å². The summed E-state index contributed by atoms with van der Waals surface area (Å²) in [6.07, 6.45) is 1.05. The molecule has 0 aliphatic heterocycles. The Morgan fingerprint density at radius 1 is 0.792 bits per heavy atom. The van der Waals surface area contributed by atoms with E-state index in [1.54, 1.807) is 9.80 Å². The zero-order chi connectivity index (χ0) is 17.9. The summed E-state index contributed by atoms with van der Waals surface area (Å²) in [5.41, 5.74) is 17.6. The minimum Gasteiger partial charge on any atom is -0.368 e. The van der Waals surface area contributed by atoms with Crippen molar-refractivity contribution in [3.05, 3.63) is 11.6 Å². The number of hydrogen-bond acceptors (Lipinski definition) is 11. The van der Waals surface area contributed by atoms with E-state index in [0.29, 0.717) is 36.4 Å². The molecule has 2 aromatic rings. The largest absolute Gasteiger partial charge is 0.368 e. The fourth-order valence-electron chi connectivity index (χ4n) is 1.91. The van der Waals surface area contributed by atoms with Gasteiger partial charge in [0.25, 0.3) is 0 Å². The lowest BCUT2D eigenvalue weighted by Crippen LogP contribution is -2.21. The molecular weight excluding hydrogens is 310 g/mol. The molecule has 0 amide bonds. The van der Waals surface area contributed by atoms with Gasteiger partial charge in [0, 0.05) is 34.6 Å². The van der Waals surface area contributed by atoms with E-state index in [0.717, 1.165) is 0 Å². The van der Waals surface area contributed by atoms with Gasteiger partial charge in [-0.1, -0.05) is 0 Å². The van der Waals surface area contributed by atoms with Crippen LogP contribution in [-0.2, 0) is 6.42 Å². The Hall–Kier alpha value is -2.82. The van der Waals surface area contributed by atoms with E-state index >= 15 is 0 Å². The Morgan fingerprint density at radius 2 is 1.33 bits per heavy atom. The van der Waals surface area contributed by atoms with Crippen molar-refractivity contribution in [3.8, 4) is 0 Å². The van der Waals surface area contributed by atoms with E-state index in [1.165, 1.54) is 0 Å². The molecule has 0 aliphatic carbocycles. The summed E-state index contributed by atoms with van der Waals surface area (Å²) in [6, 6.07) is -0.421. The highest BCUT2D eigenvalue weighted by Crippen LogP contribution is 2.16. The van der Waals surface area contributed by atoms with Crippen LogP contribution < -0.4 is 27.0 Å². The van der Waals surface area contributed by atoms with E-state index in [4.69, 9.17) is 17.2 Å². The fourth-order valence-corrected chi connectivity index (χ4v) is 1.91. The van der Waals surface area contributed by atoms with Gasteiger partial charge >= 0.3 is 0 Å². The van der Waals surface area contributed by atoms with Crippen molar-refractivity contribution in [1.82, 2.24) is 29.9 Å². The summed E-state index contributed by atoms with van der Waals surface area (Å²) >= 11 is 0. The molecule has 11 heteroatoms. The van der Waals surface area contributed by atoms with Gasteiger partial charge in [-0.15, -0.1) is 0 Å². The highest BCUT2D eigenvalue weighted by molar-refractivity contribution is 5.34. The van der Waals surface area contributed by atoms with Gasteiger partial charge in [-0.25, -0.2) is 0 Å². The number of anilines is 4. The second-order valence-corrected chi connectivity index (χ2v) is 5.70. The molecular formula is C13H23N11. The van der Waals surface area contributed by atoms with Crippen molar-refractivity contribution >= 4 is 23.8 Å². The number of aromatic nitrogens is 6. The lowest BCUT2D eigenvalue weighted by Gasteiger charge is -2.15. The second kappa shape index (κ2) is 7.17. The van der Waals surface area contributed by atoms with Gasteiger partial charge in [0.15, 0.2) is 5.82 Å². The average molecular weight is 333 g/mol. The Morgan fingerprint density at radius 3 is 1.92 bits per heavy atom. The summed E-state index contributed by atoms with van der Waals surface area (Å²) in [4.78, 5) is 28.5. The maximum absolute atomic E-state index is 6.18. The monoisotopic (exact) mass is 333 g/mol. The third-order valence-electron chi connectivity index (χ3n) is 3.16. The van der Waals surface area contributed by atoms with Crippen LogP contribution in [0, 0.1) is 0 Å². The van der Waals surface area contributed by atoms with E-state index in [9.17, 15) is 0 Å². The Labute approximate surface area is 140 Å². The molecule has 2 rings (SSSR count). The number of hydrogen-bond donors (Lipinski definition) is 3. The molecule has 0 aliphatic rings. The van der Waals surface area contributed by atoms with Crippen LogP contribution in [-0.4, -0.2) is 58.1 Å². The molecule has 0 fully saturated rings. The first-order valence-corrected chi connectivity index (χ1v) is 7.38. The molecule has 2 aromatic heterocycles. The van der Waals surface area contributed by atoms with Crippen LogP contribution in [0.2, 0.25) is 0 Å². The Balaban J connectivity index is 2.12. The van der Waals surface area contributed by atoms with Gasteiger partial charge < -0.3 is 27.0 Å². The lowest BCUT2D eigenvalue weighted by atomic mass is 10.1. The fraction of sp³-hybridized carbons (Fsp3) is 0.538. The lowest BCUT2D eigenvalue weighted by molar-refractivity contribution is 0.596. The predicted molar refractivity (Wildman–Crippen MR) is 92.4 cm³/mol. The Kier molecular flexibility index (Phi) is 5.24. The molecule has 1 atom stereocenters. The molecule has 1 unspecified atom stereocenters. The first-order valence-electron chi connectivity index (χ1n) is 7.38. The molecule has 0 saturated carbocycles. The van der Waals surface area contributed by atoms with Crippen LogP contribution in [0.3, 0.4) is 0 Å². The minimum absolute atomic E-state index is 0.137. The molecule has 0 aromatic carbocycles. The quantitative estimate of drug-likeness (QED) is 0.593. The number of nitrogens with zero attached hydrogens (tertiary/aromatic N) is 8. The zero-order valence-corrected chi connectivity index (χ0v) is 14.3. The molecule has 2 heterocycles. The van der Waals surface area contributed by atoms with E-state index in [-0.39, 0.29) is 11.9 Å². The third kappa shape index (κ3) is 4.35. The zero-order valence-electron chi connectivity index (χ0n) is 14.3.